The van der Waals surface area contributed by atoms with Gasteiger partial charge in [0.15, 0.2) is 10.7 Å². The molecule has 26 heavy (non-hydrogen) atoms. The van der Waals surface area contributed by atoms with Gasteiger partial charge < -0.3 is 4.74 Å². The molecule has 138 valence electrons. The minimum atomic E-state index is -4.16. The van der Waals surface area contributed by atoms with Gasteiger partial charge in [-0.3, -0.25) is 4.72 Å². The van der Waals surface area contributed by atoms with Gasteiger partial charge in [-0.15, -0.1) is 5.54 Å². The summed E-state index contributed by atoms with van der Waals surface area (Å²) in [6.07, 6.45) is 1.26. The predicted molar refractivity (Wildman–Crippen MR) is 103 cm³/mol. The first-order valence-corrected chi connectivity index (χ1v) is 12.9. The Kier molecular flexibility index (Phi) is 5.96. The highest BCUT2D eigenvalue weighted by Crippen LogP contribution is 2.27. The largest absolute Gasteiger partial charge is 0.480 e. The maximum atomic E-state index is 14.7. The number of methoxy groups -OCH3 is 1. The zero-order valence-corrected chi connectivity index (χ0v) is 17.3. The number of nitrogens with zero attached hydrogens (tertiary/aromatic N) is 1. The van der Waals surface area contributed by atoms with E-state index < -0.39 is 23.9 Å². The second-order valence-electron chi connectivity index (χ2n) is 6.43. The fourth-order valence-electron chi connectivity index (χ4n) is 1.92. The summed E-state index contributed by atoms with van der Waals surface area (Å²) in [5.74, 6) is 1.91. The number of halogens is 2. The Hall–Kier alpha value is -2.08. The summed E-state index contributed by atoms with van der Waals surface area (Å²) < 4.78 is 47.1. The van der Waals surface area contributed by atoms with Crippen LogP contribution in [0, 0.1) is 17.3 Å². The summed E-state index contributed by atoms with van der Waals surface area (Å²) in [7, 11) is -4.59. The van der Waals surface area contributed by atoms with Crippen LogP contribution in [0.2, 0.25) is 24.7 Å². The smallest absolute Gasteiger partial charge is 0.267 e. The second kappa shape index (κ2) is 7.66. The highest BCUT2D eigenvalue weighted by Gasteiger charge is 2.23. The molecular weight excluding hydrogens is 395 g/mol. The van der Waals surface area contributed by atoms with Gasteiger partial charge in [-0.25, -0.2) is 17.8 Å². The molecule has 1 aromatic carbocycles. The van der Waals surface area contributed by atoms with Crippen molar-refractivity contribution in [3.63, 3.8) is 0 Å². The van der Waals surface area contributed by atoms with E-state index in [2.05, 4.69) is 21.2 Å². The van der Waals surface area contributed by atoms with Crippen LogP contribution < -0.4 is 9.46 Å². The zero-order valence-electron chi connectivity index (χ0n) is 14.7. The number of sulfonamides is 1. The molecule has 0 fully saturated rings. The lowest BCUT2D eigenvalue weighted by molar-refractivity contribution is 0.385. The number of pyridine rings is 1. The third-order valence-electron chi connectivity index (χ3n) is 3.08. The van der Waals surface area contributed by atoms with Crippen molar-refractivity contribution < 1.29 is 17.5 Å². The molecule has 1 N–H and O–H groups in total. The number of ether oxygens (including phenoxy) is 1. The molecule has 2 aromatic rings. The first-order valence-electron chi connectivity index (χ1n) is 7.57. The summed E-state index contributed by atoms with van der Waals surface area (Å²) in [4.78, 5) is 3.53. The van der Waals surface area contributed by atoms with Gasteiger partial charge in [-0.2, -0.15) is 0 Å². The van der Waals surface area contributed by atoms with Gasteiger partial charge in [0.25, 0.3) is 10.0 Å². The van der Waals surface area contributed by atoms with Crippen LogP contribution in [0.3, 0.4) is 0 Å². The fraction of sp³-hybridized carbons (Fsp3) is 0.235. The molecular formula is C17H18ClFN2O3SSi. The van der Waals surface area contributed by atoms with Gasteiger partial charge in [0.2, 0.25) is 5.88 Å². The number of hydrogen-bond donors (Lipinski definition) is 1. The van der Waals surface area contributed by atoms with Crippen LogP contribution in [-0.2, 0) is 10.0 Å². The van der Waals surface area contributed by atoms with Crippen LogP contribution in [0.1, 0.15) is 5.56 Å². The Balaban J connectivity index is 2.45. The normalized spacial score (nSPS) is 11.5. The molecule has 1 heterocycles. The Labute approximate surface area is 158 Å². The van der Waals surface area contributed by atoms with Crippen molar-refractivity contribution in [1.82, 2.24) is 4.98 Å². The van der Waals surface area contributed by atoms with E-state index in [0.717, 1.165) is 0 Å². The van der Waals surface area contributed by atoms with E-state index in [-0.39, 0.29) is 27.0 Å². The van der Waals surface area contributed by atoms with Crippen LogP contribution in [0.25, 0.3) is 0 Å². The number of hydrogen-bond acceptors (Lipinski definition) is 4. The summed E-state index contributed by atoms with van der Waals surface area (Å²) >= 11 is 5.82. The molecule has 1 aromatic heterocycles. The van der Waals surface area contributed by atoms with Gasteiger partial charge in [-0.05, 0) is 18.2 Å². The highest BCUT2D eigenvalue weighted by atomic mass is 35.5. The number of anilines is 1. The lowest BCUT2D eigenvalue weighted by Gasteiger charge is -2.12. The number of benzene rings is 1. The maximum Gasteiger partial charge on any atom is 0.267 e. The predicted octanol–water partition coefficient (Wildman–Crippen LogP) is 3.91. The molecule has 0 saturated carbocycles. The third kappa shape index (κ3) is 4.97. The summed E-state index contributed by atoms with van der Waals surface area (Å²) in [5, 5.41) is 0.112. The van der Waals surface area contributed by atoms with Crippen molar-refractivity contribution in [2.45, 2.75) is 24.5 Å². The SMILES string of the molecule is COc1ncc(Cl)cc1S(=O)(=O)Nc1cccc(C#C[Si](C)(C)C)c1F. The molecule has 9 heteroatoms. The van der Waals surface area contributed by atoms with Gasteiger partial charge in [0, 0.05) is 6.20 Å². The van der Waals surface area contributed by atoms with Crippen molar-refractivity contribution in [3.8, 4) is 17.3 Å². The topological polar surface area (TPSA) is 68.3 Å². The van der Waals surface area contributed by atoms with Gasteiger partial charge in [-0.1, -0.05) is 43.2 Å². The van der Waals surface area contributed by atoms with Crippen molar-refractivity contribution in [2.24, 2.45) is 0 Å². The van der Waals surface area contributed by atoms with E-state index in [0.29, 0.717) is 0 Å². The average molecular weight is 413 g/mol. The molecule has 0 saturated heterocycles. The van der Waals surface area contributed by atoms with E-state index in [1.807, 2.05) is 19.6 Å². The van der Waals surface area contributed by atoms with Crippen molar-refractivity contribution in [2.75, 3.05) is 11.8 Å². The molecule has 0 aliphatic rings. The van der Waals surface area contributed by atoms with E-state index in [4.69, 9.17) is 16.3 Å². The Morgan fingerprint density at radius 2 is 2.00 bits per heavy atom. The van der Waals surface area contributed by atoms with Crippen LogP contribution >= 0.6 is 11.6 Å². The van der Waals surface area contributed by atoms with Crippen molar-refractivity contribution in [3.05, 3.63) is 46.9 Å². The lowest BCUT2D eigenvalue weighted by atomic mass is 10.2. The van der Waals surface area contributed by atoms with E-state index in [9.17, 15) is 12.8 Å². The minimum absolute atomic E-state index is 0.112. The maximum absolute atomic E-state index is 14.7. The molecule has 0 spiro atoms. The average Bonchev–Trinajstić information content (AvgIpc) is 2.54. The highest BCUT2D eigenvalue weighted by molar-refractivity contribution is 7.92. The number of rotatable bonds is 4. The molecule has 0 aliphatic heterocycles. The lowest BCUT2D eigenvalue weighted by Crippen LogP contribution is -2.17. The molecule has 0 atom stereocenters. The molecule has 0 bridgehead atoms. The first kappa shape index (κ1) is 20.2. The Bertz CT molecular complexity index is 995. The van der Waals surface area contributed by atoms with E-state index >= 15 is 0 Å². The molecule has 0 radical (unpaired) electrons. The number of aromatic nitrogens is 1. The van der Waals surface area contributed by atoms with Gasteiger partial charge >= 0.3 is 0 Å². The van der Waals surface area contributed by atoms with Crippen LogP contribution in [0.15, 0.2) is 35.4 Å². The summed E-state index contributed by atoms with van der Waals surface area (Å²) in [5.41, 5.74) is 2.97. The van der Waals surface area contributed by atoms with Crippen molar-refractivity contribution in [1.29, 1.82) is 0 Å². The van der Waals surface area contributed by atoms with E-state index in [1.54, 1.807) is 0 Å². The minimum Gasteiger partial charge on any atom is -0.480 e. The zero-order chi connectivity index (χ0) is 19.5. The Morgan fingerprint density at radius 1 is 1.31 bits per heavy atom. The van der Waals surface area contributed by atoms with E-state index in [1.165, 1.54) is 37.6 Å². The summed E-state index contributed by atoms with van der Waals surface area (Å²) in [6.45, 7) is 6.09. The first-order chi connectivity index (χ1) is 12.0. The molecule has 2 rings (SSSR count). The standard InChI is InChI=1S/C17H18ClFN2O3SSi/c1-24-17-15(10-13(18)11-20-17)25(22,23)21-14-7-5-6-12(16(14)19)8-9-26(2,3)4/h5-7,10-11,21H,1-4H3. The van der Waals surface area contributed by atoms with Gasteiger partial charge in [0.05, 0.1) is 23.4 Å². The third-order valence-corrected chi connectivity index (χ3v) is 5.52. The molecule has 5 nitrogen and oxygen atoms in total. The molecule has 0 amide bonds. The number of nitrogens with one attached hydrogen (secondary N) is 1. The second-order valence-corrected chi connectivity index (χ2v) is 13.3. The van der Waals surface area contributed by atoms with Crippen LogP contribution in [0.5, 0.6) is 5.88 Å². The molecule has 0 aliphatic carbocycles. The fourth-order valence-corrected chi connectivity index (χ4v) is 3.85. The van der Waals surface area contributed by atoms with Crippen LogP contribution in [0.4, 0.5) is 10.1 Å². The molecule has 0 unspecified atom stereocenters. The summed E-state index contributed by atoms with van der Waals surface area (Å²) in [6, 6.07) is 5.53. The Morgan fingerprint density at radius 3 is 2.62 bits per heavy atom. The quantitative estimate of drug-likeness (QED) is 0.610. The monoisotopic (exact) mass is 412 g/mol. The van der Waals surface area contributed by atoms with Crippen molar-refractivity contribution >= 4 is 35.4 Å². The van der Waals surface area contributed by atoms with Crippen LogP contribution in [-0.4, -0.2) is 28.6 Å². The van der Waals surface area contributed by atoms with Gasteiger partial charge in [0.1, 0.15) is 8.07 Å².